The van der Waals surface area contributed by atoms with Crippen molar-refractivity contribution >= 4 is 5.97 Å². The lowest BCUT2D eigenvalue weighted by atomic mass is 9.80. The highest BCUT2D eigenvalue weighted by Gasteiger charge is 2.25. The summed E-state index contributed by atoms with van der Waals surface area (Å²) in [6.07, 6.45) is 3.66. The maximum atomic E-state index is 11.2. The predicted molar refractivity (Wildman–Crippen MR) is 80.7 cm³/mol. The van der Waals surface area contributed by atoms with Crippen LogP contribution in [0.15, 0.2) is 18.2 Å². The summed E-state index contributed by atoms with van der Waals surface area (Å²) in [6.45, 7) is 5.02. The van der Waals surface area contributed by atoms with Crippen molar-refractivity contribution < 1.29 is 19.4 Å². The lowest BCUT2D eigenvalue weighted by Crippen LogP contribution is -2.26. The molecule has 1 N–H and O–H groups in total. The van der Waals surface area contributed by atoms with Crippen LogP contribution in [0.3, 0.4) is 0 Å². The maximum absolute atomic E-state index is 11.2. The van der Waals surface area contributed by atoms with Crippen molar-refractivity contribution in [2.75, 3.05) is 7.11 Å². The molecule has 3 unspecified atom stereocenters. The third-order valence-electron chi connectivity index (χ3n) is 4.53. The molecule has 3 atom stereocenters. The first-order chi connectivity index (χ1) is 10.0. The van der Waals surface area contributed by atoms with Crippen molar-refractivity contribution in [1.82, 2.24) is 0 Å². The molecule has 0 aliphatic heterocycles. The third kappa shape index (κ3) is 3.97. The number of hydrogen-bond donors (Lipinski definition) is 1. The first kappa shape index (κ1) is 15.8. The number of rotatable bonds is 5. The van der Waals surface area contributed by atoms with Crippen LogP contribution in [-0.4, -0.2) is 24.3 Å². The molecule has 1 aromatic carbocycles. The van der Waals surface area contributed by atoms with Gasteiger partial charge in [-0.3, -0.25) is 0 Å². The molecule has 0 amide bonds. The molecule has 0 saturated heterocycles. The van der Waals surface area contributed by atoms with E-state index >= 15 is 0 Å². The number of hydrogen-bond acceptors (Lipinski definition) is 3. The van der Waals surface area contributed by atoms with Gasteiger partial charge in [0, 0.05) is 0 Å². The Morgan fingerprint density at radius 3 is 2.67 bits per heavy atom. The normalized spacial score (nSPS) is 25.6. The van der Waals surface area contributed by atoms with E-state index in [2.05, 4.69) is 13.8 Å². The standard InChI is InChI=1S/C17H24O4/c1-11-4-6-14(8-12(11)2)21-10-13-5-7-16(20-3)15(9-13)17(18)19/h5,7,9,11-12,14H,4,6,8,10H2,1-3H3,(H,18,19). The van der Waals surface area contributed by atoms with E-state index in [1.807, 2.05) is 6.07 Å². The van der Waals surface area contributed by atoms with Gasteiger partial charge in [-0.15, -0.1) is 0 Å². The van der Waals surface area contributed by atoms with Gasteiger partial charge in [-0.1, -0.05) is 19.9 Å². The van der Waals surface area contributed by atoms with Gasteiger partial charge in [0.1, 0.15) is 11.3 Å². The minimum absolute atomic E-state index is 0.184. The number of ether oxygens (including phenoxy) is 2. The molecule has 0 radical (unpaired) electrons. The Balaban J connectivity index is 1.97. The van der Waals surface area contributed by atoms with Crippen LogP contribution in [0.5, 0.6) is 5.75 Å². The summed E-state index contributed by atoms with van der Waals surface area (Å²) in [5, 5.41) is 9.18. The summed E-state index contributed by atoms with van der Waals surface area (Å²) in [4.78, 5) is 11.2. The topological polar surface area (TPSA) is 55.8 Å². The van der Waals surface area contributed by atoms with Gasteiger partial charge in [0.2, 0.25) is 0 Å². The fourth-order valence-electron chi connectivity index (χ4n) is 2.88. The Labute approximate surface area is 126 Å². The van der Waals surface area contributed by atoms with E-state index in [9.17, 15) is 9.90 Å². The molecule has 1 saturated carbocycles. The first-order valence-corrected chi connectivity index (χ1v) is 7.53. The molecule has 4 heteroatoms. The minimum Gasteiger partial charge on any atom is -0.496 e. The fourth-order valence-corrected chi connectivity index (χ4v) is 2.88. The largest absolute Gasteiger partial charge is 0.496 e. The summed E-state index contributed by atoms with van der Waals surface area (Å²) < 4.78 is 11.0. The zero-order valence-electron chi connectivity index (χ0n) is 13.0. The van der Waals surface area contributed by atoms with Gasteiger partial charge in [-0.2, -0.15) is 0 Å². The number of carboxylic acids is 1. The summed E-state index contributed by atoms with van der Waals surface area (Å²) in [7, 11) is 1.47. The molecular formula is C17H24O4. The highest BCUT2D eigenvalue weighted by Crippen LogP contribution is 2.31. The lowest BCUT2D eigenvalue weighted by molar-refractivity contribution is -0.00748. The number of aromatic carboxylic acids is 1. The maximum Gasteiger partial charge on any atom is 0.339 e. The van der Waals surface area contributed by atoms with E-state index < -0.39 is 5.97 Å². The zero-order chi connectivity index (χ0) is 15.4. The van der Waals surface area contributed by atoms with E-state index in [0.29, 0.717) is 18.3 Å². The Morgan fingerprint density at radius 1 is 1.29 bits per heavy atom. The minimum atomic E-state index is -0.978. The highest BCUT2D eigenvalue weighted by molar-refractivity contribution is 5.91. The summed E-state index contributed by atoms with van der Waals surface area (Å²) in [6, 6.07) is 5.18. The molecule has 1 aromatic rings. The molecule has 0 aromatic heterocycles. The average molecular weight is 292 g/mol. The van der Waals surface area contributed by atoms with E-state index in [4.69, 9.17) is 9.47 Å². The highest BCUT2D eigenvalue weighted by atomic mass is 16.5. The Hall–Kier alpha value is -1.55. The molecule has 21 heavy (non-hydrogen) atoms. The van der Waals surface area contributed by atoms with Crippen LogP contribution in [0.1, 0.15) is 49.0 Å². The molecule has 0 spiro atoms. The molecule has 0 bridgehead atoms. The summed E-state index contributed by atoms with van der Waals surface area (Å²) in [5.41, 5.74) is 1.06. The number of methoxy groups -OCH3 is 1. The lowest BCUT2D eigenvalue weighted by Gasteiger charge is -2.32. The monoisotopic (exact) mass is 292 g/mol. The second kappa shape index (κ2) is 6.94. The molecular weight excluding hydrogens is 268 g/mol. The second-order valence-corrected chi connectivity index (χ2v) is 6.04. The van der Waals surface area contributed by atoms with Gasteiger partial charge in [-0.25, -0.2) is 4.79 Å². The van der Waals surface area contributed by atoms with Crippen LogP contribution >= 0.6 is 0 Å². The van der Waals surface area contributed by atoms with Gasteiger partial charge in [0.15, 0.2) is 0 Å². The third-order valence-corrected chi connectivity index (χ3v) is 4.53. The van der Waals surface area contributed by atoms with Crippen molar-refractivity contribution in [3.05, 3.63) is 29.3 Å². The smallest absolute Gasteiger partial charge is 0.339 e. The van der Waals surface area contributed by atoms with Crippen molar-refractivity contribution in [2.45, 2.75) is 45.8 Å². The fraction of sp³-hybridized carbons (Fsp3) is 0.588. The van der Waals surface area contributed by atoms with E-state index in [1.54, 1.807) is 12.1 Å². The summed E-state index contributed by atoms with van der Waals surface area (Å²) in [5.74, 6) is 0.860. The van der Waals surface area contributed by atoms with Gasteiger partial charge in [-0.05, 0) is 48.8 Å². The SMILES string of the molecule is COc1ccc(COC2CCC(C)C(C)C2)cc1C(=O)O. The quantitative estimate of drug-likeness (QED) is 0.898. The molecule has 2 rings (SSSR count). The summed E-state index contributed by atoms with van der Waals surface area (Å²) >= 11 is 0. The average Bonchev–Trinajstić information content (AvgIpc) is 2.48. The first-order valence-electron chi connectivity index (χ1n) is 7.53. The molecule has 1 aliphatic rings. The Morgan fingerprint density at radius 2 is 2.05 bits per heavy atom. The Kier molecular flexibility index (Phi) is 5.23. The molecule has 4 nitrogen and oxygen atoms in total. The van der Waals surface area contributed by atoms with Crippen LogP contribution in [0.2, 0.25) is 0 Å². The number of carboxylic acid groups (broad SMARTS) is 1. The van der Waals surface area contributed by atoms with E-state index in [0.717, 1.165) is 24.3 Å². The Bertz CT molecular complexity index is 498. The van der Waals surface area contributed by atoms with Crippen molar-refractivity contribution in [1.29, 1.82) is 0 Å². The van der Waals surface area contributed by atoms with Gasteiger partial charge in [0.25, 0.3) is 0 Å². The van der Waals surface area contributed by atoms with Gasteiger partial charge >= 0.3 is 5.97 Å². The van der Waals surface area contributed by atoms with Crippen molar-refractivity contribution in [3.63, 3.8) is 0 Å². The van der Waals surface area contributed by atoms with Crippen LogP contribution in [0.4, 0.5) is 0 Å². The van der Waals surface area contributed by atoms with E-state index in [-0.39, 0.29) is 11.7 Å². The van der Waals surface area contributed by atoms with Gasteiger partial charge < -0.3 is 14.6 Å². The van der Waals surface area contributed by atoms with Crippen LogP contribution in [0.25, 0.3) is 0 Å². The van der Waals surface area contributed by atoms with Crippen LogP contribution < -0.4 is 4.74 Å². The predicted octanol–water partition coefficient (Wildman–Crippen LogP) is 3.73. The number of carbonyl (C=O) groups is 1. The molecule has 116 valence electrons. The van der Waals surface area contributed by atoms with Crippen LogP contribution in [-0.2, 0) is 11.3 Å². The van der Waals surface area contributed by atoms with Crippen molar-refractivity contribution in [2.24, 2.45) is 11.8 Å². The second-order valence-electron chi connectivity index (χ2n) is 6.04. The van der Waals surface area contributed by atoms with Gasteiger partial charge in [0.05, 0.1) is 19.8 Å². The zero-order valence-corrected chi connectivity index (χ0v) is 13.0. The van der Waals surface area contributed by atoms with Crippen LogP contribution in [0, 0.1) is 11.8 Å². The van der Waals surface area contributed by atoms with E-state index in [1.165, 1.54) is 13.5 Å². The van der Waals surface area contributed by atoms with Crippen molar-refractivity contribution in [3.8, 4) is 5.75 Å². The molecule has 1 aliphatic carbocycles. The molecule has 1 fully saturated rings. The molecule has 0 heterocycles. The number of benzene rings is 1.